The Morgan fingerprint density at radius 2 is 2.31 bits per heavy atom. The maximum atomic E-state index is 4.45. The van der Waals surface area contributed by atoms with Crippen molar-refractivity contribution in [2.75, 3.05) is 18.6 Å². The van der Waals surface area contributed by atoms with Crippen LogP contribution in [-0.4, -0.2) is 23.5 Å². The van der Waals surface area contributed by atoms with E-state index in [4.69, 9.17) is 0 Å². The summed E-state index contributed by atoms with van der Waals surface area (Å²) < 4.78 is 0. The highest BCUT2D eigenvalue weighted by Gasteiger charge is 2.03. The fourth-order valence-electron chi connectivity index (χ4n) is 1.43. The number of thioether (sulfide) groups is 1. The van der Waals surface area contributed by atoms with Crippen molar-refractivity contribution >= 4 is 23.1 Å². The summed E-state index contributed by atoms with van der Waals surface area (Å²) in [6.45, 7) is 6.56. The number of nitrogens with one attached hydrogen (secondary N) is 1. The van der Waals surface area contributed by atoms with Gasteiger partial charge >= 0.3 is 0 Å². The summed E-state index contributed by atoms with van der Waals surface area (Å²) >= 11 is 3.76. The van der Waals surface area contributed by atoms with Crippen LogP contribution in [-0.2, 0) is 13.0 Å². The molecule has 1 heterocycles. The topological polar surface area (TPSA) is 24.9 Å². The van der Waals surface area contributed by atoms with E-state index in [0.29, 0.717) is 5.92 Å². The molecule has 0 aromatic carbocycles. The molecular formula is C12H22N2S2. The maximum absolute atomic E-state index is 4.45. The third-order valence-electron chi connectivity index (χ3n) is 2.19. The van der Waals surface area contributed by atoms with Gasteiger partial charge in [-0.1, -0.05) is 13.8 Å². The maximum Gasteiger partial charge on any atom is 0.0930 e. The second kappa shape index (κ2) is 8.09. The van der Waals surface area contributed by atoms with Gasteiger partial charge in [0.15, 0.2) is 0 Å². The van der Waals surface area contributed by atoms with Gasteiger partial charge in [0.1, 0.15) is 0 Å². The molecule has 0 aliphatic heterocycles. The minimum Gasteiger partial charge on any atom is -0.312 e. The van der Waals surface area contributed by atoms with Gasteiger partial charge in [0, 0.05) is 24.0 Å². The number of nitrogens with zero attached hydrogens (tertiary/aromatic N) is 1. The summed E-state index contributed by atoms with van der Waals surface area (Å²) in [4.78, 5) is 5.81. The molecular weight excluding hydrogens is 236 g/mol. The molecule has 4 heteroatoms. The molecule has 1 rings (SSSR count). The fraction of sp³-hybridized carbons (Fsp3) is 0.750. The molecule has 0 atom stereocenters. The van der Waals surface area contributed by atoms with Gasteiger partial charge in [-0.05, 0) is 30.9 Å². The van der Waals surface area contributed by atoms with Crippen molar-refractivity contribution in [3.05, 3.63) is 16.1 Å². The van der Waals surface area contributed by atoms with Gasteiger partial charge in [0.2, 0.25) is 0 Å². The Morgan fingerprint density at radius 1 is 1.50 bits per heavy atom. The molecule has 92 valence electrons. The Bertz CT molecular complexity index is 284. The second-order valence-corrected chi connectivity index (χ2v) is 6.53. The Hall–Kier alpha value is -0.0600. The first-order valence-corrected chi connectivity index (χ1v) is 8.06. The van der Waals surface area contributed by atoms with Gasteiger partial charge in [0.05, 0.1) is 5.01 Å². The lowest BCUT2D eigenvalue weighted by Crippen LogP contribution is -2.14. The highest BCUT2D eigenvalue weighted by atomic mass is 32.2. The van der Waals surface area contributed by atoms with Gasteiger partial charge in [-0.3, -0.25) is 0 Å². The van der Waals surface area contributed by atoms with Gasteiger partial charge < -0.3 is 5.32 Å². The second-order valence-electron chi connectivity index (χ2n) is 4.34. The van der Waals surface area contributed by atoms with Crippen molar-refractivity contribution in [3.63, 3.8) is 0 Å². The Morgan fingerprint density at radius 3 is 3.00 bits per heavy atom. The van der Waals surface area contributed by atoms with E-state index in [-0.39, 0.29) is 0 Å². The van der Waals surface area contributed by atoms with E-state index >= 15 is 0 Å². The van der Waals surface area contributed by atoms with Crippen molar-refractivity contribution in [1.82, 2.24) is 10.3 Å². The minimum absolute atomic E-state index is 0.702. The van der Waals surface area contributed by atoms with Crippen LogP contribution in [0.3, 0.4) is 0 Å². The SMILES string of the molecule is CSCCCNCc1cnc(CC(C)C)s1. The number of hydrogen-bond donors (Lipinski definition) is 1. The Balaban J connectivity index is 2.19. The molecule has 0 aliphatic rings. The van der Waals surface area contributed by atoms with Crippen LogP contribution >= 0.6 is 23.1 Å². The molecule has 0 bridgehead atoms. The zero-order valence-corrected chi connectivity index (χ0v) is 12.1. The molecule has 0 amide bonds. The predicted molar refractivity (Wildman–Crippen MR) is 75.4 cm³/mol. The monoisotopic (exact) mass is 258 g/mol. The average molecular weight is 258 g/mol. The summed E-state index contributed by atoms with van der Waals surface area (Å²) in [5, 5.41) is 4.73. The molecule has 0 unspecified atom stereocenters. The minimum atomic E-state index is 0.702. The van der Waals surface area contributed by atoms with E-state index in [1.54, 1.807) is 0 Å². The lowest BCUT2D eigenvalue weighted by atomic mass is 10.1. The van der Waals surface area contributed by atoms with Crippen LogP contribution in [0.1, 0.15) is 30.2 Å². The van der Waals surface area contributed by atoms with Crippen molar-refractivity contribution in [2.45, 2.75) is 33.2 Å². The lowest BCUT2D eigenvalue weighted by Gasteiger charge is -2.01. The highest BCUT2D eigenvalue weighted by Crippen LogP contribution is 2.16. The van der Waals surface area contributed by atoms with Gasteiger partial charge in [-0.2, -0.15) is 11.8 Å². The quantitative estimate of drug-likeness (QED) is 0.725. The summed E-state index contributed by atoms with van der Waals surface area (Å²) in [5.41, 5.74) is 0. The van der Waals surface area contributed by atoms with Crippen molar-refractivity contribution in [1.29, 1.82) is 0 Å². The molecule has 0 saturated heterocycles. The van der Waals surface area contributed by atoms with Gasteiger partial charge in [0.25, 0.3) is 0 Å². The molecule has 0 aliphatic carbocycles. The van der Waals surface area contributed by atoms with Crippen molar-refractivity contribution in [3.8, 4) is 0 Å². The first-order valence-electron chi connectivity index (χ1n) is 5.85. The van der Waals surface area contributed by atoms with Crippen molar-refractivity contribution in [2.24, 2.45) is 5.92 Å². The summed E-state index contributed by atoms with van der Waals surface area (Å²) in [7, 11) is 0. The van der Waals surface area contributed by atoms with Crippen LogP contribution < -0.4 is 5.32 Å². The zero-order chi connectivity index (χ0) is 11.8. The van der Waals surface area contributed by atoms with Crippen LogP contribution in [0.5, 0.6) is 0 Å². The lowest BCUT2D eigenvalue weighted by molar-refractivity contribution is 0.644. The molecule has 1 N–H and O–H groups in total. The van der Waals surface area contributed by atoms with Crippen LogP contribution in [0.25, 0.3) is 0 Å². The Kier molecular flexibility index (Phi) is 7.08. The molecule has 0 saturated carbocycles. The van der Waals surface area contributed by atoms with Crippen LogP contribution in [0.4, 0.5) is 0 Å². The van der Waals surface area contributed by atoms with E-state index in [1.807, 2.05) is 29.3 Å². The molecule has 0 radical (unpaired) electrons. The number of hydrogen-bond acceptors (Lipinski definition) is 4. The summed E-state index contributed by atoms with van der Waals surface area (Å²) in [6, 6.07) is 0. The van der Waals surface area contributed by atoms with E-state index in [2.05, 4.69) is 30.4 Å². The van der Waals surface area contributed by atoms with Gasteiger partial charge in [-0.15, -0.1) is 11.3 Å². The molecule has 0 fully saturated rings. The van der Waals surface area contributed by atoms with Crippen molar-refractivity contribution < 1.29 is 0 Å². The summed E-state index contributed by atoms with van der Waals surface area (Å²) in [6.07, 6.45) is 6.53. The number of thiazole rings is 1. The smallest absolute Gasteiger partial charge is 0.0930 e. The third kappa shape index (κ3) is 5.87. The van der Waals surface area contributed by atoms with Crippen LogP contribution in [0.2, 0.25) is 0 Å². The van der Waals surface area contributed by atoms with Crippen LogP contribution in [0.15, 0.2) is 6.20 Å². The summed E-state index contributed by atoms with van der Waals surface area (Å²) in [5.74, 6) is 1.95. The standard InChI is InChI=1S/C12H22N2S2/c1-10(2)7-12-14-9-11(16-12)8-13-5-4-6-15-3/h9-10,13H,4-8H2,1-3H3. The molecule has 1 aromatic heterocycles. The number of rotatable bonds is 8. The number of aromatic nitrogens is 1. The molecule has 1 aromatic rings. The highest BCUT2D eigenvalue weighted by molar-refractivity contribution is 7.98. The predicted octanol–water partition coefficient (Wildman–Crippen LogP) is 3.18. The van der Waals surface area contributed by atoms with Gasteiger partial charge in [-0.25, -0.2) is 4.98 Å². The Labute approximate surface area is 107 Å². The van der Waals surface area contributed by atoms with E-state index < -0.39 is 0 Å². The van der Waals surface area contributed by atoms with Crippen LogP contribution in [0, 0.1) is 5.92 Å². The largest absolute Gasteiger partial charge is 0.312 e. The average Bonchev–Trinajstić information content (AvgIpc) is 2.64. The first-order chi connectivity index (χ1) is 7.72. The molecule has 2 nitrogen and oxygen atoms in total. The normalized spacial score (nSPS) is 11.2. The van der Waals surface area contributed by atoms with E-state index in [9.17, 15) is 0 Å². The molecule has 16 heavy (non-hydrogen) atoms. The zero-order valence-electron chi connectivity index (χ0n) is 10.5. The first kappa shape index (κ1) is 14.0. The molecule has 0 spiro atoms. The van der Waals surface area contributed by atoms with E-state index in [0.717, 1.165) is 19.5 Å². The fourth-order valence-corrected chi connectivity index (χ4v) is 2.96. The van der Waals surface area contributed by atoms with E-state index in [1.165, 1.54) is 22.1 Å². The third-order valence-corrected chi connectivity index (χ3v) is 3.90.